The average Bonchev–Trinajstić information content (AvgIpc) is 3.14. The van der Waals surface area contributed by atoms with Gasteiger partial charge in [-0.2, -0.15) is 13.2 Å². The van der Waals surface area contributed by atoms with Crippen LogP contribution in [0.4, 0.5) is 17.6 Å². The molecule has 0 bridgehead atoms. The fraction of sp³-hybridized carbons (Fsp3) is 0.619. The molecule has 1 atom stereocenters. The highest BCUT2D eigenvalue weighted by Crippen LogP contribution is 2.45. The largest absolute Gasteiger partial charge is 0.490 e. The summed E-state index contributed by atoms with van der Waals surface area (Å²) in [5, 5.41) is 10.1. The topological polar surface area (TPSA) is 109 Å². The van der Waals surface area contributed by atoms with Crippen LogP contribution in [0.25, 0.3) is 0 Å². The van der Waals surface area contributed by atoms with Gasteiger partial charge in [0.2, 0.25) is 0 Å². The number of likely N-dealkylation sites (tertiary alicyclic amines) is 1. The van der Waals surface area contributed by atoms with Crippen LogP contribution in [-0.2, 0) is 14.3 Å². The lowest BCUT2D eigenvalue weighted by atomic mass is 9.75. The first-order valence-electron chi connectivity index (χ1n) is 10.6. The van der Waals surface area contributed by atoms with E-state index in [2.05, 4.69) is 10.3 Å². The third kappa shape index (κ3) is 5.60. The van der Waals surface area contributed by atoms with Crippen molar-refractivity contribution in [2.45, 2.75) is 49.6 Å². The van der Waals surface area contributed by atoms with Crippen LogP contribution in [0.1, 0.15) is 42.5 Å². The summed E-state index contributed by atoms with van der Waals surface area (Å²) in [6.45, 7) is 2.16. The summed E-state index contributed by atoms with van der Waals surface area (Å²) in [5.74, 6) is -2.96. The van der Waals surface area contributed by atoms with Gasteiger partial charge in [0.25, 0.3) is 11.8 Å². The molecule has 8 nitrogen and oxygen atoms in total. The molecule has 0 radical (unpaired) electrons. The highest BCUT2D eigenvalue weighted by Gasteiger charge is 2.58. The van der Waals surface area contributed by atoms with Crippen molar-refractivity contribution in [2.75, 3.05) is 26.2 Å². The molecular weight excluding hydrogens is 450 g/mol. The molecule has 182 valence electrons. The number of nitrogens with one attached hydrogen (secondary N) is 1. The average molecular weight is 475 g/mol. The molecule has 0 aromatic carbocycles. The number of hydrogen-bond donors (Lipinski definition) is 2. The number of carboxylic acids is 1. The summed E-state index contributed by atoms with van der Waals surface area (Å²) in [6, 6.07) is 3.36. The molecule has 2 N–H and O–H groups in total. The summed E-state index contributed by atoms with van der Waals surface area (Å²) in [7, 11) is 0. The number of alkyl halides is 4. The van der Waals surface area contributed by atoms with E-state index in [0.717, 1.165) is 19.3 Å². The van der Waals surface area contributed by atoms with Gasteiger partial charge in [-0.05, 0) is 50.2 Å². The van der Waals surface area contributed by atoms with Crippen LogP contribution in [0.2, 0.25) is 0 Å². The second-order valence-electron chi connectivity index (χ2n) is 8.46. The van der Waals surface area contributed by atoms with Gasteiger partial charge in [-0.3, -0.25) is 14.6 Å². The summed E-state index contributed by atoms with van der Waals surface area (Å²) in [5.41, 5.74) is -1.39. The van der Waals surface area contributed by atoms with Crippen molar-refractivity contribution in [3.8, 4) is 0 Å². The Kier molecular flexibility index (Phi) is 7.25. The van der Waals surface area contributed by atoms with Crippen molar-refractivity contribution in [3.63, 3.8) is 0 Å². The number of hydrogen-bond acceptors (Lipinski definition) is 5. The molecule has 2 saturated heterocycles. The molecule has 1 aromatic heterocycles. The molecule has 3 heterocycles. The number of halogens is 4. The third-order valence-electron chi connectivity index (χ3n) is 6.30. The van der Waals surface area contributed by atoms with E-state index >= 15 is 0 Å². The Morgan fingerprint density at radius 1 is 1.21 bits per heavy atom. The van der Waals surface area contributed by atoms with Crippen molar-refractivity contribution in [3.05, 3.63) is 30.1 Å². The number of pyridine rings is 1. The minimum atomic E-state index is -5.08. The zero-order valence-electron chi connectivity index (χ0n) is 17.7. The maximum Gasteiger partial charge on any atom is 0.490 e. The maximum atomic E-state index is 14.3. The van der Waals surface area contributed by atoms with Gasteiger partial charge >= 0.3 is 12.1 Å². The van der Waals surface area contributed by atoms with Gasteiger partial charge in [0, 0.05) is 31.1 Å². The Labute approximate surface area is 187 Å². The SMILES string of the molecule is O=C(NCCC1CCOC12CN(C(=O)C1(F)CCC1)C2)c1ccncc1.O=C(O)C(F)(F)F. The predicted molar refractivity (Wildman–Crippen MR) is 106 cm³/mol. The van der Waals surface area contributed by atoms with Gasteiger partial charge in [0.15, 0.2) is 5.67 Å². The highest BCUT2D eigenvalue weighted by atomic mass is 19.4. The number of carboxylic acid groups (broad SMARTS) is 1. The molecule has 1 aliphatic carbocycles. The van der Waals surface area contributed by atoms with Crippen LogP contribution in [-0.4, -0.2) is 76.5 Å². The Balaban J connectivity index is 0.000000383. The molecule has 1 spiro atoms. The second kappa shape index (κ2) is 9.62. The van der Waals surface area contributed by atoms with E-state index in [1.807, 2.05) is 0 Å². The Bertz CT molecular complexity index is 870. The quantitative estimate of drug-likeness (QED) is 0.633. The van der Waals surface area contributed by atoms with Crippen LogP contribution >= 0.6 is 0 Å². The number of aromatic nitrogens is 1. The van der Waals surface area contributed by atoms with Crippen LogP contribution in [0, 0.1) is 5.92 Å². The number of ether oxygens (including phenoxy) is 1. The van der Waals surface area contributed by atoms with E-state index in [9.17, 15) is 27.2 Å². The summed E-state index contributed by atoms with van der Waals surface area (Å²) >= 11 is 0. The number of rotatable bonds is 5. The lowest BCUT2D eigenvalue weighted by molar-refractivity contribution is -0.192. The van der Waals surface area contributed by atoms with Crippen LogP contribution in [0.3, 0.4) is 0 Å². The lowest BCUT2D eigenvalue weighted by Crippen LogP contribution is -2.69. The van der Waals surface area contributed by atoms with E-state index in [1.165, 1.54) is 0 Å². The van der Waals surface area contributed by atoms with Gasteiger partial charge in [0.1, 0.15) is 5.60 Å². The molecule has 3 fully saturated rings. The normalized spacial score (nSPS) is 22.4. The van der Waals surface area contributed by atoms with Crippen molar-refractivity contribution in [2.24, 2.45) is 5.92 Å². The predicted octanol–water partition coefficient (Wildman–Crippen LogP) is 2.34. The first-order chi connectivity index (χ1) is 15.5. The smallest absolute Gasteiger partial charge is 0.475 e. The Morgan fingerprint density at radius 3 is 2.33 bits per heavy atom. The van der Waals surface area contributed by atoms with Crippen molar-refractivity contribution in [1.29, 1.82) is 0 Å². The monoisotopic (exact) mass is 475 g/mol. The van der Waals surface area contributed by atoms with Crippen molar-refractivity contribution >= 4 is 17.8 Å². The molecule has 2 amide bonds. The molecule has 2 aliphatic heterocycles. The van der Waals surface area contributed by atoms with E-state index in [1.54, 1.807) is 29.4 Å². The van der Waals surface area contributed by atoms with Gasteiger partial charge in [-0.25, -0.2) is 9.18 Å². The second-order valence-corrected chi connectivity index (χ2v) is 8.46. The molecule has 4 rings (SSSR count). The first-order valence-corrected chi connectivity index (χ1v) is 10.6. The maximum absolute atomic E-state index is 14.3. The molecule has 1 saturated carbocycles. The molecule has 3 aliphatic rings. The third-order valence-corrected chi connectivity index (χ3v) is 6.30. The van der Waals surface area contributed by atoms with Gasteiger partial charge in [-0.15, -0.1) is 0 Å². The van der Waals surface area contributed by atoms with Crippen molar-refractivity contribution < 1.29 is 41.8 Å². The van der Waals surface area contributed by atoms with E-state index in [4.69, 9.17) is 14.6 Å². The van der Waals surface area contributed by atoms with Crippen LogP contribution in [0.15, 0.2) is 24.5 Å². The van der Waals surface area contributed by atoms with Crippen LogP contribution < -0.4 is 5.32 Å². The van der Waals surface area contributed by atoms with Crippen LogP contribution in [0.5, 0.6) is 0 Å². The molecule has 1 unspecified atom stereocenters. The zero-order valence-corrected chi connectivity index (χ0v) is 17.7. The number of carbonyl (C=O) groups is 3. The minimum Gasteiger partial charge on any atom is -0.475 e. The fourth-order valence-electron chi connectivity index (χ4n) is 4.24. The minimum absolute atomic E-state index is 0.116. The number of carbonyl (C=O) groups excluding carboxylic acids is 2. The van der Waals surface area contributed by atoms with Gasteiger partial charge in [0.05, 0.1) is 13.1 Å². The summed E-state index contributed by atoms with van der Waals surface area (Å²) in [4.78, 5) is 38.8. The Morgan fingerprint density at radius 2 is 1.82 bits per heavy atom. The fourth-order valence-corrected chi connectivity index (χ4v) is 4.24. The number of nitrogens with zero attached hydrogens (tertiary/aromatic N) is 2. The number of aliphatic carboxylic acids is 1. The summed E-state index contributed by atoms with van der Waals surface area (Å²) in [6.07, 6.45) is 1.29. The van der Waals surface area contributed by atoms with E-state index < -0.39 is 17.8 Å². The molecule has 1 aromatic rings. The van der Waals surface area contributed by atoms with Gasteiger partial charge in [-0.1, -0.05) is 0 Å². The van der Waals surface area contributed by atoms with Gasteiger partial charge < -0.3 is 20.1 Å². The van der Waals surface area contributed by atoms with Crippen molar-refractivity contribution in [1.82, 2.24) is 15.2 Å². The zero-order chi connectivity index (χ0) is 24.3. The van der Waals surface area contributed by atoms with E-state index in [-0.39, 0.29) is 23.3 Å². The highest BCUT2D eigenvalue weighted by molar-refractivity contribution is 5.93. The Hall–Kier alpha value is -2.76. The molecule has 33 heavy (non-hydrogen) atoms. The first kappa shape index (κ1) is 24.9. The standard InChI is InChI=1S/C19H24FN3O3.C2HF3O2/c20-18(6-1-7-18)17(25)23-12-19(13-23)15(5-11-26-19)4-10-22-16(24)14-2-8-21-9-3-14;3-2(4,5)1(6)7/h2-3,8-9,15H,1,4-7,10-13H2,(H,22,24);(H,6,7). The van der Waals surface area contributed by atoms with E-state index in [0.29, 0.717) is 44.6 Å². The molecule has 12 heteroatoms. The lowest BCUT2D eigenvalue weighted by Gasteiger charge is -2.52. The summed E-state index contributed by atoms with van der Waals surface area (Å²) < 4.78 is 52.0. The molecular formula is C21H25F4N3O5. The number of amides is 2.